The van der Waals surface area contributed by atoms with Crippen molar-refractivity contribution in [3.63, 3.8) is 0 Å². The van der Waals surface area contributed by atoms with Gasteiger partial charge in [0, 0.05) is 34.6 Å². The molecule has 0 bridgehead atoms. The van der Waals surface area contributed by atoms with E-state index in [2.05, 4.69) is 10.4 Å². The highest BCUT2D eigenvalue weighted by Crippen LogP contribution is 2.26. The first-order chi connectivity index (χ1) is 8.60. The van der Waals surface area contributed by atoms with Gasteiger partial charge in [-0.15, -0.1) is 11.3 Å². The average Bonchev–Trinajstić information content (AvgIpc) is 2.96. The minimum absolute atomic E-state index is 0.0512. The van der Waals surface area contributed by atoms with Gasteiger partial charge in [-0.05, 0) is 13.0 Å². The molecule has 94 valence electrons. The number of carbonyl (C=O) groups is 2. The Hall–Kier alpha value is -1.95. The Labute approximate surface area is 108 Å². The summed E-state index contributed by atoms with van der Waals surface area (Å²) in [6.07, 6.45) is 3.49. The molecule has 0 unspecified atom stereocenters. The molecule has 0 spiro atoms. The molecule has 0 aliphatic rings. The Morgan fingerprint density at radius 3 is 2.89 bits per heavy atom. The molecule has 1 N–H and O–H groups in total. The third kappa shape index (κ3) is 2.65. The summed E-state index contributed by atoms with van der Waals surface area (Å²) >= 11 is 1.49. The Bertz CT molecular complexity index is 586. The van der Waals surface area contributed by atoms with Gasteiger partial charge in [0.2, 0.25) is 5.91 Å². The van der Waals surface area contributed by atoms with Crippen LogP contribution in [0.1, 0.15) is 17.3 Å². The molecule has 0 fully saturated rings. The van der Waals surface area contributed by atoms with E-state index in [9.17, 15) is 9.59 Å². The van der Waals surface area contributed by atoms with Crippen LogP contribution in [0.4, 0.5) is 0 Å². The van der Waals surface area contributed by atoms with Crippen LogP contribution in [-0.4, -0.2) is 28.5 Å². The summed E-state index contributed by atoms with van der Waals surface area (Å²) in [7, 11) is 1.59. The summed E-state index contributed by atoms with van der Waals surface area (Å²) in [5, 5.41) is 8.48. The molecule has 2 heterocycles. The van der Waals surface area contributed by atoms with Gasteiger partial charge < -0.3 is 5.32 Å². The monoisotopic (exact) mass is 263 g/mol. The third-order valence-electron chi connectivity index (χ3n) is 2.51. The summed E-state index contributed by atoms with van der Waals surface area (Å²) in [5.74, 6) is -0.0458. The summed E-state index contributed by atoms with van der Waals surface area (Å²) in [6.45, 7) is 1.74. The fourth-order valence-corrected chi connectivity index (χ4v) is 2.40. The minimum atomic E-state index is -0.0970. The lowest BCUT2D eigenvalue weighted by atomic mass is 10.2. The number of likely N-dealkylation sites (N-methyl/N-ethyl adjacent to an activating group) is 1. The standard InChI is InChI=1S/C12H13N3O2S/c1-8(16)9-3-11(18-7-9)10-4-14-15(5-10)6-12(17)13-2/h3-5,7H,6H2,1-2H3,(H,13,17). The van der Waals surface area contributed by atoms with Crippen LogP contribution in [0.15, 0.2) is 23.8 Å². The van der Waals surface area contributed by atoms with Crippen molar-refractivity contribution in [2.75, 3.05) is 7.05 Å². The van der Waals surface area contributed by atoms with E-state index < -0.39 is 0 Å². The highest BCUT2D eigenvalue weighted by atomic mass is 32.1. The van der Waals surface area contributed by atoms with Gasteiger partial charge in [-0.1, -0.05) is 0 Å². The zero-order valence-corrected chi connectivity index (χ0v) is 11.0. The number of carbonyl (C=O) groups excluding carboxylic acids is 2. The molecule has 0 saturated heterocycles. The number of nitrogens with zero attached hydrogens (tertiary/aromatic N) is 2. The van der Waals surface area contributed by atoms with Crippen molar-refractivity contribution in [3.8, 4) is 10.4 Å². The van der Waals surface area contributed by atoms with E-state index in [1.54, 1.807) is 31.0 Å². The number of nitrogens with one attached hydrogen (secondary N) is 1. The molecule has 0 aromatic carbocycles. The molecule has 18 heavy (non-hydrogen) atoms. The van der Waals surface area contributed by atoms with E-state index in [0.29, 0.717) is 5.56 Å². The quantitative estimate of drug-likeness (QED) is 0.851. The lowest BCUT2D eigenvalue weighted by Crippen LogP contribution is -2.23. The first-order valence-electron chi connectivity index (χ1n) is 5.43. The van der Waals surface area contributed by atoms with Gasteiger partial charge in [-0.2, -0.15) is 5.10 Å². The average molecular weight is 263 g/mol. The maximum Gasteiger partial charge on any atom is 0.241 e. The van der Waals surface area contributed by atoms with Crippen molar-refractivity contribution in [2.24, 2.45) is 0 Å². The predicted octanol–water partition coefficient (Wildman–Crippen LogP) is 1.56. The highest BCUT2D eigenvalue weighted by molar-refractivity contribution is 7.13. The number of rotatable bonds is 4. The van der Waals surface area contributed by atoms with Crippen LogP contribution in [0.5, 0.6) is 0 Å². The Morgan fingerprint density at radius 1 is 1.50 bits per heavy atom. The molecule has 2 aromatic rings. The van der Waals surface area contributed by atoms with E-state index >= 15 is 0 Å². The first kappa shape index (κ1) is 12.5. The predicted molar refractivity (Wildman–Crippen MR) is 69.6 cm³/mol. The molecule has 0 saturated carbocycles. The summed E-state index contributed by atoms with van der Waals surface area (Å²) < 4.78 is 1.57. The van der Waals surface area contributed by atoms with Crippen molar-refractivity contribution < 1.29 is 9.59 Å². The van der Waals surface area contributed by atoms with Crippen molar-refractivity contribution in [1.29, 1.82) is 0 Å². The van der Waals surface area contributed by atoms with Crippen LogP contribution in [0, 0.1) is 0 Å². The second-order valence-corrected chi connectivity index (χ2v) is 4.77. The molecule has 0 atom stereocenters. The smallest absolute Gasteiger partial charge is 0.241 e. The first-order valence-corrected chi connectivity index (χ1v) is 6.31. The fraction of sp³-hybridized carbons (Fsp3) is 0.250. The largest absolute Gasteiger partial charge is 0.358 e. The van der Waals surface area contributed by atoms with E-state index in [-0.39, 0.29) is 18.2 Å². The zero-order chi connectivity index (χ0) is 13.1. The van der Waals surface area contributed by atoms with Gasteiger partial charge in [0.1, 0.15) is 6.54 Å². The molecule has 1 amide bonds. The number of thiophene rings is 1. The van der Waals surface area contributed by atoms with Gasteiger partial charge >= 0.3 is 0 Å². The number of hydrogen-bond acceptors (Lipinski definition) is 4. The number of amides is 1. The van der Waals surface area contributed by atoms with Crippen LogP contribution in [0.2, 0.25) is 0 Å². The SMILES string of the molecule is CNC(=O)Cn1cc(-c2cc(C(C)=O)cs2)cn1. The topological polar surface area (TPSA) is 64.0 Å². The third-order valence-corrected chi connectivity index (χ3v) is 3.49. The van der Waals surface area contributed by atoms with Crippen LogP contribution in [-0.2, 0) is 11.3 Å². The molecule has 5 nitrogen and oxygen atoms in total. The number of ketones is 1. The molecular formula is C12H13N3O2S. The van der Waals surface area contributed by atoms with Gasteiger partial charge in [0.25, 0.3) is 0 Å². The van der Waals surface area contributed by atoms with Crippen molar-refractivity contribution in [2.45, 2.75) is 13.5 Å². The summed E-state index contributed by atoms with van der Waals surface area (Å²) in [5.41, 5.74) is 1.62. The van der Waals surface area contributed by atoms with E-state index in [1.165, 1.54) is 11.3 Å². The van der Waals surface area contributed by atoms with Gasteiger partial charge in [-0.3, -0.25) is 14.3 Å². The molecule has 6 heteroatoms. The van der Waals surface area contributed by atoms with Crippen molar-refractivity contribution >= 4 is 23.0 Å². The number of hydrogen-bond donors (Lipinski definition) is 1. The molecule has 0 radical (unpaired) electrons. The van der Waals surface area contributed by atoms with Crippen molar-refractivity contribution in [1.82, 2.24) is 15.1 Å². The molecule has 2 aromatic heterocycles. The Kier molecular flexibility index (Phi) is 3.57. The van der Waals surface area contributed by atoms with E-state index in [4.69, 9.17) is 0 Å². The summed E-state index contributed by atoms with van der Waals surface area (Å²) in [4.78, 5) is 23.4. The maximum absolute atomic E-state index is 11.2. The minimum Gasteiger partial charge on any atom is -0.358 e. The molecule has 0 aliphatic heterocycles. The highest BCUT2D eigenvalue weighted by Gasteiger charge is 2.09. The fourth-order valence-electron chi connectivity index (χ4n) is 1.48. The summed E-state index contributed by atoms with van der Waals surface area (Å²) in [6, 6.07) is 1.84. The normalized spacial score (nSPS) is 10.3. The van der Waals surface area contributed by atoms with E-state index in [1.807, 2.05) is 11.4 Å². The van der Waals surface area contributed by atoms with Crippen LogP contribution in [0.3, 0.4) is 0 Å². The lowest BCUT2D eigenvalue weighted by molar-refractivity contribution is -0.121. The van der Waals surface area contributed by atoms with Crippen LogP contribution < -0.4 is 5.32 Å². The Balaban J connectivity index is 2.18. The molecule has 2 rings (SSSR count). The molecular weight excluding hydrogens is 250 g/mol. The zero-order valence-electron chi connectivity index (χ0n) is 10.1. The van der Waals surface area contributed by atoms with E-state index in [0.717, 1.165) is 10.4 Å². The van der Waals surface area contributed by atoms with Gasteiger partial charge in [-0.25, -0.2) is 0 Å². The van der Waals surface area contributed by atoms with Crippen molar-refractivity contribution in [3.05, 3.63) is 29.4 Å². The number of aromatic nitrogens is 2. The van der Waals surface area contributed by atoms with Gasteiger partial charge in [0.05, 0.1) is 6.20 Å². The second-order valence-electron chi connectivity index (χ2n) is 3.86. The Morgan fingerprint density at radius 2 is 2.28 bits per heavy atom. The van der Waals surface area contributed by atoms with Crippen LogP contribution >= 0.6 is 11.3 Å². The maximum atomic E-state index is 11.2. The van der Waals surface area contributed by atoms with Crippen LogP contribution in [0.25, 0.3) is 10.4 Å². The molecule has 0 aliphatic carbocycles. The number of Topliss-reactive ketones (excluding diaryl/α,β-unsaturated/α-hetero) is 1. The van der Waals surface area contributed by atoms with Gasteiger partial charge in [0.15, 0.2) is 5.78 Å². The second kappa shape index (κ2) is 5.14. The lowest BCUT2D eigenvalue weighted by Gasteiger charge is -1.98.